The zero-order valence-corrected chi connectivity index (χ0v) is 8.98. The van der Waals surface area contributed by atoms with Gasteiger partial charge in [0.05, 0.1) is 5.25 Å². The highest BCUT2D eigenvalue weighted by molar-refractivity contribution is 7.89. The average molecular weight is 191 g/mol. The van der Waals surface area contributed by atoms with Gasteiger partial charge in [-0.2, -0.15) is 0 Å². The van der Waals surface area contributed by atoms with Gasteiger partial charge in [0.25, 0.3) is 0 Å². The Bertz CT molecular complexity index is 259. The van der Waals surface area contributed by atoms with E-state index in [9.17, 15) is 8.42 Å². The average Bonchev–Trinajstić information content (AvgIpc) is 1.82. The Hall–Kier alpha value is -0.0900. The van der Waals surface area contributed by atoms with Crippen molar-refractivity contribution in [3.8, 4) is 0 Å². The molecule has 0 unspecified atom stereocenters. The zero-order valence-electron chi connectivity index (χ0n) is 8.16. The Morgan fingerprint density at radius 1 is 1.25 bits per heavy atom. The van der Waals surface area contributed by atoms with Crippen molar-refractivity contribution in [2.45, 2.75) is 32.9 Å². The van der Waals surface area contributed by atoms with Gasteiger partial charge < -0.3 is 0 Å². The fourth-order valence-electron chi connectivity index (χ4n) is 1.39. The van der Waals surface area contributed by atoms with E-state index in [1.54, 1.807) is 18.2 Å². The van der Waals surface area contributed by atoms with Crippen LogP contribution in [0.2, 0.25) is 0 Å². The van der Waals surface area contributed by atoms with Gasteiger partial charge in [-0.25, -0.2) is 12.7 Å². The summed E-state index contributed by atoms with van der Waals surface area (Å²) >= 11 is 0. The summed E-state index contributed by atoms with van der Waals surface area (Å²) in [4.78, 5) is 0. The van der Waals surface area contributed by atoms with Crippen LogP contribution in [0.4, 0.5) is 0 Å². The van der Waals surface area contributed by atoms with E-state index in [2.05, 4.69) is 13.8 Å². The molecular weight excluding hydrogens is 174 g/mol. The molecule has 1 aliphatic rings. The van der Waals surface area contributed by atoms with Crippen LogP contribution in [0.1, 0.15) is 27.7 Å². The van der Waals surface area contributed by atoms with Crippen LogP contribution in [-0.4, -0.2) is 31.1 Å². The lowest BCUT2D eigenvalue weighted by Crippen LogP contribution is -2.56. The van der Waals surface area contributed by atoms with Gasteiger partial charge in [-0.3, -0.25) is 0 Å². The first-order chi connectivity index (χ1) is 5.26. The molecule has 0 amide bonds. The van der Waals surface area contributed by atoms with E-state index < -0.39 is 10.0 Å². The van der Waals surface area contributed by atoms with Crippen LogP contribution in [0.5, 0.6) is 0 Å². The molecule has 3 nitrogen and oxygen atoms in total. The van der Waals surface area contributed by atoms with Crippen molar-refractivity contribution in [3.63, 3.8) is 0 Å². The number of rotatable bonds is 2. The molecule has 4 heteroatoms. The standard InChI is InChI=1S/C8H17NO2S/c1-7(2)12(10,11)9-5-8(3,4)6-9/h7H,5-6H2,1-4H3. The summed E-state index contributed by atoms with van der Waals surface area (Å²) in [6, 6.07) is 0. The third-order valence-electron chi connectivity index (χ3n) is 2.16. The molecule has 1 heterocycles. The molecule has 0 aromatic heterocycles. The molecule has 1 fully saturated rings. The predicted molar refractivity (Wildman–Crippen MR) is 49.4 cm³/mol. The second-order valence-corrected chi connectivity index (χ2v) is 7.02. The fraction of sp³-hybridized carbons (Fsp3) is 1.00. The number of sulfonamides is 1. The maximum Gasteiger partial charge on any atom is 0.216 e. The summed E-state index contributed by atoms with van der Waals surface area (Å²) in [5.41, 5.74) is 0.183. The zero-order chi connectivity index (χ0) is 9.57. The van der Waals surface area contributed by atoms with Crippen LogP contribution in [-0.2, 0) is 10.0 Å². The minimum absolute atomic E-state index is 0.183. The largest absolute Gasteiger partial charge is 0.216 e. The molecule has 0 spiro atoms. The fourth-order valence-corrected chi connectivity index (χ4v) is 3.04. The van der Waals surface area contributed by atoms with Crippen molar-refractivity contribution in [1.29, 1.82) is 0 Å². The normalized spacial score (nSPS) is 24.1. The third kappa shape index (κ3) is 1.64. The molecule has 0 bridgehead atoms. The number of hydrogen-bond donors (Lipinski definition) is 0. The molecule has 0 saturated carbocycles. The molecule has 0 aromatic carbocycles. The Balaban J connectivity index is 2.65. The van der Waals surface area contributed by atoms with Gasteiger partial charge in [0, 0.05) is 13.1 Å². The van der Waals surface area contributed by atoms with Crippen molar-refractivity contribution in [2.24, 2.45) is 5.41 Å². The molecule has 0 aromatic rings. The minimum Gasteiger partial charge on any atom is -0.212 e. The van der Waals surface area contributed by atoms with Gasteiger partial charge in [0.1, 0.15) is 0 Å². The lowest BCUT2D eigenvalue weighted by Gasteiger charge is -2.45. The molecule has 1 aliphatic heterocycles. The van der Waals surface area contributed by atoms with E-state index in [-0.39, 0.29) is 10.7 Å². The van der Waals surface area contributed by atoms with Crippen molar-refractivity contribution in [1.82, 2.24) is 4.31 Å². The van der Waals surface area contributed by atoms with Crippen molar-refractivity contribution >= 4 is 10.0 Å². The quantitative estimate of drug-likeness (QED) is 0.654. The Morgan fingerprint density at radius 3 is 1.92 bits per heavy atom. The van der Waals surface area contributed by atoms with E-state index in [4.69, 9.17) is 0 Å². The van der Waals surface area contributed by atoms with Gasteiger partial charge in [-0.15, -0.1) is 0 Å². The first kappa shape index (κ1) is 9.99. The van der Waals surface area contributed by atoms with E-state index in [0.717, 1.165) is 0 Å². The van der Waals surface area contributed by atoms with Crippen LogP contribution in [0, 0.1) is 5.41 Å². The maximum atomic E-state index is 11.5. The summed E-state index contributed by atoms with van der Waals surface area (Å²) in [5.74, 6) is 0. The molecule has 1 rings (SSSR count). The maximum absolute atomic E-state index is 11.5. The molecule has 12 heavy (non-hydrogen) atoms. The van der Waals surface area contributed by atoms with Gasteiger partial charge in [0.2, 0.25) is 10.0 Å². The molecule has 1 saturated heterocycles. The van der Waals surface area contributed by atoms with Gasteiger partial charge in [-0.1, -0.05) is 13.8 Å². The van der Waals surface area contributed by atoms with Crippen LogP contribution < -0.4 is 0 Å². The van der Waals surface area contributed by atoms with Crippen molar-refractivity contribution in [2.75, 3.05) is 13.1 Å². The second kappa shape index (κ2) is 2.70. The molecule has 0 radical (unpaired) electrons. The van der Waals surface area contributed by atoms with Crippen LogP contribution in [0.25, 0.3) is 0 Å². The highest BCUT2D eigenvalue weighted by Crippen LogP contribution is 2.32. The summed E-state index contributed by atoms with van der Waals surface area (Å²) in [7, 11) is -2.98. The summed E-state index contributed by atoms with van der Waals surface area (Å²) in [6.07, 6.45) is 0. The van der Waals surface area contributed by atoms with Gasteiger partial charge >= 0.3 is 0 Å². The lowest BCUT2D eigenvalue weighted by atomic mass is 9.87. The molecule has 0 aliphatic carbocycles. The molecule has 0 atom stereocenters. The van der Waals surface area contributed by atoms with E-state index >= 15 is 0 Å². The second-order valence-electron chi connectivity index (χ2n) is 4.53. The van der Waals surface area contributed by atoms with Crippen LogP contribution in [0.3, 0.4) is 0 Å². The van der Waals surface area contributed by atoms with Gasteiger partial charge in [-0.05, 0) is 19.3 Å². The first-order valence-electron chi connectivity index (χ1n) is 4.25. The van der Waals surface area contributed by atoms with E-state index in [0.29, 0.717) is 13.1 Å². The van der Waals surface area contributed by atoms with Gasteiger partial charge in [0.15, 0.2) is 0 Å². The van der Waals surface area contributed by atoms with Crippen molar-refractivity contribution < 1.29 is 8.42 Å². The summed E-state index contributed by atoms with van der Waals surface area (Å²) < 4.78 is 24.6. The smallest absolute Gasteiger partial charge is 0.212 e. The van der Waals surface area contributed by atoms with E-state index in [1.807, 2.05) is 0 Å². The molecule has 72 valence electrons. The third-order valence-corrected chi connectivity index (χ3v) is 4.33. The predicted octanol–water partition coefficient (Wildman–Crippen LogP) is 1.07. The topological polar surface area (TPSA) is 37.4 Å². The SMILES string of the molecule is CC(C)S(=O)(=O)N1CC(C)(C)C1. The van der Waals surface area contributed by atoms with E-state index in [1.165, 1.54) is 0 Å². The summed E-state index contributed by atoms with van der Waals surface area (Å²) in [6.45, 7) is 8.96. The molecule has 0 N–H and O–H groups in total. The van der Waals surface area contributed by atoms with Crippen LogP contribution >= 0.6 is 0 Å². The minimum atomic E-state index is -2.98. The first-order valence-corrected chi connectivity index (χ1v) is 5.75. The molecular formula is C8H17NO2S. The van der Waals surface area contributed by atoms with Crippen LogP contribution in [0.15, 0.2) is 0 Å². The highest BCUT2D eigenvalue weighted by Gasteiger charge is 2.42. The summed E-state index contributed by atoms with van der Waals surface area (Å²) in [5, 5.41) is -0.284. The highest BCUT2D eigenvalue weighted by atomic mass is 32.2. The monoisotopic (exact) mass is 191 g/mol. The Morgan fingerprint density at radius 2 is 1.67 bits per heavy atom. The Kier molecular flexibility index (Phi) is 2.25. The Labute approximate surface area is 74.8 Å². The lowest BCUT2D eigenvalue weighted by molar-refractivity contribution is 0.110. The van der Waals surface area contributed by atoms with Crippen molar-refractivity contribution in [3.05, 3.63) is 0 Å². The number of nitrogens with zero attached hydrogens (tertiary/aromatic N) is 1. The number of hydrogen-bond acceptors (Lipinski definition) is 2.